The van der Waals surface area contributed by atoms with Crippen LogP contribution in [0.3, 0.4) is 0 Å². The number of carbonyl (C=O) groups excluding carboxylic acids is 1. The highest BCUT2D eigenvalue weighted by Gasteiger charge is 2.10. The number of hydrogen-bond acceptors (Lipinski definition) is 3. The summed E-state index contributed by atoms with van der Waals surface area (Å²) in [5.74, 6) is 0.442. The normalized spacial score (nSPS) is 10.5. The van der Waals surface area contributed by atoms with E-state index in [0.717, 1.165) is 6.42 Å². The molecule has 28 heavy (non-hydrogen) atoms. The molecule has 0 unspecified atom stereocenters. The van der Waals surface area contributed by atoms with Gasteiger partial charge in [-0.25, -0.2) is 0 Å². The number of aromatic nitrogens is 1. The molecule has 0 bridgehead atoms. The van der Waals surface area contributed by atoms with Crippen molar-refractivity contribution < 1.29 is 9.53 Å². The number of ether oxygens (including phenoxy) is 1. The molecular weight excluding hydrogens is 352 g/mol. The van der Waals surface area contributed by atoms with Crippen LogP contribution >= 0.6 is 0 Å². The fourth-order valence-corrected chi connectivity index (χ4v) is 2.91. The van der Waals surface area contributed by atoms with Gasteiger partial charge in [-0.3, -0.25) is 9.59 Å². The summed E-state index contributed by atoms with van der Waals surface area (Å²) in [7, 11) is 0. The second-order valence-corrected chi connectivity index (χ2v) is 6.70. The van der Waals surface area contributed by atoms with Gasteiger partial charge in [0.15, 0.2) is 5.43 Å². The predicted octanol–water partition coefficient (Wildman–Crippen LogP) is 3.54. The molecule has 5 nitrogen and oxygen atoms in total. The van der Waals surface area contributed by atoms with E-state index in [-0.39, 0.29) is 17.9 Å². The Hall–Kier alpha value is -3.34. The lowest BCUT2D eigenvalue weighted by Crippen LogP contribution is -2.25. The monoisotopic (exact) mass is 376 g/mol. The lowest BCUT2D eigenvalue weighted by molar-refractivity contribution is 0.0950. The largest absolute Gasteiger partial charge is 0.493 e. The molecule has 0 aliphatic heterocycles. The van der Waals surface area contributed by atoms with Crippen molar-refractivity contribution in [3.05, 3.63) is 99.0 Å². The smallest absolute Gasteiger partial charge is 0.251 e. The first-order chi connectivity index (χ1) is 13.5. The average Bonchev–Trinajstić information content (AvgIpc) is 2.72. The fraction of sp³-hybridized carbons (Fsp3) is 0.217. The van der Waals surface area contributed by atoms with Gasteiger partial charge in [0.1, 0.15) is 5.75 Å². The standard InChI is InChI=1S/C23H24N2O3/c1-16-14-24-21(17(2)22(16)26)15-25-23(27)19-9-6-10-20(13-19)28-12-11-18-7-4-3-5-8-18/h3-10,13-14H,11-12,15H2,1-2H3,(H,24,26)(H,25,27). The summed E-state index contributed by atoms with van der Waals surface area (Å²) in [5, 5.41) is 2.85. The number of carbonyl (C=O) groups is 1. The van der Waals surface area contributed by atoms with E-state index < -0.39 is 0 Å². The van der Waals surface area contributed by atoms with Crippen LogP contribution in [0.15, 0.2) is 65.6 Å². The van der Waals surface area contributed by atoms with E-state index in [2.05, 4.69) is 22.4 Å². The molecular formula is C23H24N2O3. The summed E-state index contributed by atoms with van der Waals surface area (Å²) in [6.07, 6.45) is 2.47. The number of nitrogens with one attached hydrogen (secondary N) is 2. The minimum Gasteiger partial charge on any atom is -0.493 e. The molecule has 0 saturated carbocycles. The Labute approximate surface area is 164 Å². The number of hydrogen-bond donors (Lipinski definition) is 2. The van der Waals surface area contributed by atoms with Crippen LogP contribution in [0.25, 0.3) is 0 Å². The summed E-state index contributed by atoms with van der Waals surface area (Å²) >= 11 is 0. The first-order valence-electron chi connectivity index (χ1n) is 9.27. The zero-order valence-corrected chi connectivity index (χ0v) is 16.1. The summed E-state index contributed by atoms with van der Waals surface area (Å²) in [4.78, 5) is 27.5. The topological polar surface area (TPSA) is 71.2 Å². The van der Waals surface area contributed by atoms with Crippen LogP contribution < -0.4 is 15.5 Å². The van der Waals surface area contributed by atoms with Crippen LogP contribution in [-0.2, 0) is 13.0 Å². The molecule has 0 spiro atoms. The van der Waals surface area contributed by atoms with Crippen molar-refractivity contribution in [2.45, 2.75) is 26.8 Å². The van der Waals surface area contributed by atoms with Crippen molar-refractivity contribution in [3.63, 3.8) is 0 Å². The molecule has 0 atom stereocenters. The predicted molar refractivity (Wildman–Crippen MR) is 110 cm³/mol. The molecule has 0 aliphatic rings. The summed E-state index contributed by atoms with van der Waals surface area (Å²) in [5.41, 5.74) is 3.71. The number of rotatable bonds is 7. The van der Waals surface area contributed by atoms with E-state index >= 15 is 0 Å². The van der Waals surface area contributed by atoms with Gasteiger partial charge >= 0.3 is 0 Å². The number of H-pyrrole nitrogens is 1. The molecule has 3 rings (SSSR count). The minimum absolute atomic E-state index is 0.00295. The number of pyridine rings is 1. The molecule has 0 aliphatic carbocycles. The van der Waals surface area contributed by atoms with E-state index in [1.165, 1.54) is 5.56 Å². The molecule has 1 heterocycles. The number of benzene rings is 2. The molecule has 0 radical (unpaired) electrons. The van der Waals surface area contributed by atoms with Gasteiger partial charge in [-0.2, -0.15) is 0 Å². The fourth-order valence-electron chi connectivity index (χ4n) is 2.91. The van der Waals surface area contributed by atoms with Gasteiger partial charge in [0.25, 0.3) is 5.91 Å². The van der Waals surface area contributed by atoms with Gasteiger partial charge in [0.05, 0.1) is 13.2 Å². The third-order valence-electron chi connectivity index (χ3n) is 4.64. The van der Waals surface area contributed by atoms with Crippen LogP contribution in [0.2, 0.25) is 0 Å². The molecule has 1 amide bonds. The Balaban J connectivity index is 1.58. The second-order valence-electron chi connectivity index (χ2n) is 6.70. The van der Waals surface area contributed by atoms with E-state index in [4.69, 9.17) is 4.74 Å². The quantitative estimate of drug-likeness (QED) is 0.662. The zero-order valence-electron chi connectivity index (χ0n) is 16.1. The summed E-state index contributed by atoms with van der Waals surface area (Å²) < 4.78 is 5.78. The number of aromatic amines is 1. The van der Waals surface area contributed by atoms with Crippen molar-refractivity contribution in [3.8, 4) is 5.75 Å². The zero-order chi connectivity index (χ0) is 19.9. The maximum absolute atomic E-state index is 12.5. The third-order valence-corrected chi connectivity index (χ3v) is 4.64. The van der Waals surface area contributed by atoms with Gasteiger partial charge in [-0.05, 0) is 37.6 Å². The van der Waals surface area contributed by atoms with Crippen LogP contribution in [-0.4, -0.2) is 17.5 Å². The molecule has 0 saturated heterocycles. The van der Waals surface area contributed by atoms with Gasteiger partial charge in [0, 0.05) is 35.0 Å². The Morgan fingerprint density at radius 1 is 1.07 bits per heavy atom. The van der Waals surface area contributed by atoms with Gasteiger partial charge in [-0.15, -0.1) is 0 Å². The van der Waals surface area contributed by atoms with Crippen LogP contribution in [0, 0.1) is 13.8 Å². The van der Waals surface area contributed by atoms with E-state index in [9.17, 15) is 9.59 Å². The van der Waals surface area contributed by atoms with Crippen molar-refractivity contribution in [1.29, 1.82) is 0 Å². The van der Waals surface area contributed by atoms with Crippen molar-refractivity contribution in [1.82, 2.24) is 10.3 Å². The lowest BCUT2D eigenvalue weighted by Gasteiger charge is -2.10. The number of aryl methyl sites for hydroxylation is 1. The first-order valence-corrected chi connectivity index (χ1v) is 9.27. The highest BCUT2D eigenvalue weighted by Crippen LogP contribution is 2.14. The Kier molecular flexibility index (Phi) is 6.27. The van der Waals surface area contributed by atoms with Gasteiger partial charge < -0.3 is 15.0 Å². The van der Waals surface area contributed by atoms with Gasteiger partial charge in [0.2, 0.25) is 0 Å². The molecule has 144 valence electrons. The SMILES string of the molecule is Cc1c[nH]c(CNC(=O)c2cccc(OCCc3ccccc3)c2)c(C)c1=O. The van der Waals surface area contributed by atoms with Crippen molar-refractivity contribution >= 4 is 5.91 Å². The molecule has 2 N–H and O–H groups in total. The maximum Gasteiger partial charge on any atom is 0.251 e. The van der Waals surface area contributed by atoms with Gasteiger partial charge in [-0.1, -0.05) is 36.4 Å². The van der Waals surface area contributed by atoms with E-state index in [0.29, 0.717) is 34.7 Å². The highest BCUT2D eigenvalue weighted by atomic mass is 16.5. The Morgan fingerprint density at radius 2 is 1.86 bits per heavy atom. The average molecular weight is 376 g/mol. The van der Waals surface area contributed by atoms with Crippen LogP contribution in [0.4, 0.5) is 0 Å². The molecule has 2 aromatic carbocycles. The Bertz CT molecular complexity index is 1010. The van der Waals surface area contributed by atoms with Crippen LogP contribution in [0.1, 0.15) is 32.7 Å². The third kappa shape index (κ3) is 4.88. The molecule has 5 heteroatoms. The highest BCUT2D eigenvalue weighted by molar-refractivity contribution is 5.94. The first kappa shape index (κ1) is 19.4. The Morgan fingerprint density at radius 3 is 2.64 bits per heavy atom. The van der Waals surface area contributed by atoms with Crippen molar-refractivity contribution in [2.75, 3.05) is 6.61 Å². The summed E-state index contributed by atoms with van der Waals surface area (Å²) in [6.45, 7) is 4.32. The van der Waals surface area contributed by atoms with E-state index in [1.54, 1.807) is 38.2 Å². The maximum atomic E-state index is 12.5. The summed E-state index contributed by atoms with van der Waals surface area (Å²) in [6, 6.07) is 17.2. The number of amides is 1. The minimum atomic E-state index is -0.214. The molecule has 1 aromatic heterocycles. The van der Waals surface area contributed by atoms with E-state index in [1.807, 2.05) is 24.3 Å². The van der Waals surface area contributed by atoms with Crippen LogP contribution in [0.5, 0.6) is 5.75 Å². The lowest BCUT2D eigenvalue weighted by atomic mass is 10.1. The van der Waals surface area contributed by atoms with Crippen molar-refractivity contribution in [2.24, 2.45) is 0 Å². The molecule has 0 fully saturated rings. The second kappa shape index (κ2) is 9.04. The molecule has 3 aromatic rings.